The molecule has 0 spiro atoms. The number of rotatable bonds is 8. The molecule has 2 rings (SSSR count). The average Bonchev–Trinajstić information content (AvgIpc) is 2.84. The van der Waals surface area contributed by atoms with Gasteiger partial charge in [-0.1, -0.05) is 37.5 Å². The molecule has 0 aromatic heterocycles. The second-order valence-corrected chi connectivity index (χ2v) is 6.83. The van der Waals surface area contributed by atoms with Gasteiger partial charge in [0.1, 0.15) is 12.1 Å². The molecule has 8 heteroatoms. The van der Waals surface area contributed by atoms with Crippen molar-refractivity contribution in [2.75, 3.05) is 18.5 Å². The third-order valence-electron chi connectivity index (χ3n) is 4.36. The molecule has 1 aliphatic rings. The Balaban J connectivity index is 1.82. The first kappa shape index (κ1) is 20.4. The summed E-state index contributed by atoms with van der Waals surface area (Å²) < 4.78 is 4.88. The summed E-state index contributed by atoms with van der Waals surface area (Å²) in [4.78, 5) is 49.1. The summed E-state index contributed by atoms with van der Waals surface area (Å²) in [6.07, 6.45) is 2.16. The zero-order valence-electron chi connectivity index (χ0n) is 15.8. The van der Waals surface area contributed by atoms with Gasteiger partial charge in [0.05, 0.1) is 0 Å². The number of ether oxygens (including phenoxy) is 1. The van der Waals surface area contributed by atoms with Crippen molar-refractivity contribution in [3.8, 4) is 0 Å². The van der Waals surface area contributed by atoms with E-state index in [9.17, 15) is 19.2 Å². The first-order valence-corrected chi connectivity index (χ1v) is 8.91. The smallest absolute Gasteiger partial charge is 0.326 e. The fourth-order valence-electron chi connectivity index (χ4n) is 2.75. The van der Waals surface area contributed by atoms with Crippen LogP contribution in [0.2, 0.25) is 0 Å². The Bertz CT molecular complexity index is 731. The molecular weight excluding hydrogens is 350 g/mol. The number of nitrogens with zero attached hydrogens (tertiary/aromatic N) is 1. The summed E-state index contributed by atoms with van der Waals surface area (Å²) in [6, 6.07) is 6.53. The van der Waals surface area contributed by atoms with Gasteiger partial charge in [0.15, 0.2) is 6.61 Å². The van der Waals surface area contributed by atoms with E-state index in [1.807, 2.05) is 26.0 Å². The van der Waals surface area contributed by atoms with Crippen LogP contribution in [0.4, 0.5) is 10.5 Å². The molecule has 1 aromatic carbocycles. The lowest BCUT2D eigenvalue weighted by Crippen LogP contribution is -2.44. The number of hydrogen-bond acceptors (Lipinski definition) is 5. The van der Waals surface area contributed by atoms with Gasteiger partial charge >= 0.3 is 12.0 Å². The van der Waals surface area contributed by atoms with E-state index >= 15 is 0 Å². The number of carbonyl (C=O) groups is 4. The van der Waals surface area contributed by atoms with Crippen molar-refractivity contribution in [1.29, 1.82) is 0 Å². The van der Waals surface area contributed by atoms with Crippen LogP contribution in [-0.4, -0.2) is 47.4 Å². The largest absolute Gasteiger partial charge is 0.454 e. The van der Waals surface area contributed by atoms with Crippen molar-refractivity contribution in [3.63, 3.8) is 0 Å². The normalized spacial score (nSPS) is 19.0. The van der Waals surface area contributed by atoms with E-state index in [1.54, 1.807) is 19.1 Å². The SMILES string of the molecule is CCCC[C@]1(C)NC(=O)N(CC(=O)OCC(=O)Nc2ccc(C)cc2)C1=O. The van der Waals surface area contributed by atoms with Gasteiger partial charge in [-0.15, -0.1) is 0 Å². The maximum atomic E-state index is 12.4. The average molecular weight is 375 g/mol. The minimum Gasteiger partial charge on any atom is -0.454 e. The number of esters is 1. The van der Waals surface area contributed by atoms with E-state index in [1.165, 1.54) is 0 Å². The summed E-state index contributed by atoms with van der Waals surface area (Å²) in [6.45, 7) is 4.54. The van der Waals surface area contributed by atoms with Gasteiger partial charge in [0.2, 0.25) is 0 Å². The maximum absolute atomic E-state index is 12.4. The van der Waals surface area contributed by atoms with Crippen LogP contribution < -0.4 is 10.6 Å². The molecule has 0 bridgehead atoms. The Kier molecular flexibility index (Phi) is 6.55. The van der Waals surface area contributed by atoms with Crippen LogP contribution in [0.1, 0.15) is 38.7 Å². The number of urea groups is 1. The number of imide groups is 1. The van der Waals surface area contributed by atoms with Crippen LogP contribution in [0, 0.1) is 6.92 Å². The highest BCUT2D eigenvalue weighted by molar-refractivity contribution is 6.08. The molecule has 1 atom stereocenters. The number of anilines is 1. The summed E-state index contributed by atoms with van der Waals surface area (Å²) in [5.41, 5.74) is 0.636. The van der Waals surface area contributed by atoms with E-state index in [0.717, 1.165) is 23.3 Å². The molecule has 27 heavy (non-hydrogen) atoms. The van der Waals surface area contributed by atoms with Gasteiger partial charge < -0.3 is 15.4 Å². The summed E-state index contributed by atoms with van der Waals surface area (Å²) in [5.74, 6) is -1.78. The molecule has 1 saturated heterocycles. The zero-order valence-corrected chi connectivity index (χ0v) is 15.8. The van der Waals surface area contributed by atoms with Gasteiger partial charge in [0, 0.05) is 5.69 Å². The predicted molar refractivity (Wildman–Crippen MR) is 98.9 cm³/mol. The number of amides is 4. The van der Waals surface area contributed by atoms with Crippen LogP contribution in [0.25, 0.3) is 0 Å². The highest BCUT2D eigenvalue weighted by atomic mass is 16.5. The molecule has 1 aromatic rings. The monoisotopic (exact) mass is 375 g/mol. The van der Waals surface area contributed by atoms with Crippen molar-refractivity contribution in [2.45, 2.75) is 45.6 Å². The standard InChI is InChI=1S/C19H25N3O5/c1-4-5-10-19(3)17(25)22(18(26)21-19)11-16(24)27-12-15(23)20-14-8-6-13(2)7-9-14/h6-9H,4-5,10-12H2,1-3H3,(H,20,23)(H,21,26)/t19-/m0/s1. The summed E-state index contributed by atoms with van der Waals surface area (Å²) in [7, 11) is 0. The fourth-order valence-corrected chi connectivity index (χ4v) is 2.75. The van der Waals surface area contributed by atoms with E-state index in [4.69, 9.17) is 4.74 Å². The Morgan fingerprint density at radius 1 is 1.22 bits per heavy atom. The van der Waals surface area contributed by atoms with E-state index in [2.05, 4.69) is 10.6 Å². The maximum Gasteiger partial charge on any atom is 0.326 e. The summed E-state index contributed by atoms with van der Waals surface area (Å²) in [5, 5.41) is 5.22. The molecule has 0 aliphatic carbocycles. The highest BCUT2D eigenvalue weighted by Gasteiger charge is 2.47. The molecule has 1 fully saturated rings. The van der Waals surface area contributed by atoms with Crippen LogP contribution in [-0.2, 0) is 19.1 Å². The van der Waals surface area contributed by atoms with Gasteiger partial charge in [-0.3, -0.25) is 19.3 Å². The Hall–Kier alpha value is -2.90. The van der Waals surface area contributed by atoms with E-state index in [0.29, 0.717) is 12.1 Å². The molecule has 0 saturated carbocycles. The quantitative estimate of drug-likeness (QED) is 0.534. The predicted octanol–water partition coefficient (Wildman–Crippen LogP) is 1.98. The Morgan fingerprint density at radius 2 is 1.89 bits per heavy atom. The molecule has 1 heterocycles. The second kappa shape index (κ2) is 8.66. The molecular formula is C19H25N3O5. The van der Waals surface area contributed by atoms with Crippen molar-refractivity contribution in [1.82, 2.24) is 10.2 Å². The first-order chi connectivity index (χ1) is 12.7. The molecule has 2 N–H and O–H groups in total. The molecule has 0 radical (unpaired) electrons. The van der Waals surface area contributed by atoms with Crippen molar-refractivity contribution in [2.24, 2.45) is 0 Å². The molecule has 146 valence electrons. The van der Waals surface area contributed by atoms with Crippen LogP contribution in [0.5, 0.6) is 0 Å². The second-order valence-electron chi connectivity index (χ2n) is 6.83. The lowest BCUT2D eigenvalue weighted by Gasteiger charge is -2.21. The van der Waals surface area contributed by atoms with Gasteiger partial charge in [-0.25, -0.2) is 4.79 Å². The number of unbranched alkanes of at least 4 members (excludes halogenated alkanes) is 1. The van der Waals surface area contributed by atoms with Crippen LogP contribution in [0.3, 0.4) is 0 Å². The fraction of sp³-hybridized carbons (Fsp3) is 0.474. The lowest BCUT2D eigenvalue weighted by molar-refractivity contribution is -0.150. The Labute approximate surface area is 158 Å². The number of nitrogens with one attached hydrogen (secondary N) is 2. The third-order valence-corrected chi connectivity index (χ3v) is 4.36. The van der Waals surface area contributed by atoms with E-state index in [-0.39, 0.29) is 0 Å². The van der Waals surface area contributed by atoms with Gasteiger partial charge in [-0.2, -0.15) is 0 Å². The summed E-state index contributed by atoms with van der Waals surface area (Å²) >= 11 is 0. The first-order valence-electron chi connectivity index (χ1n) is 8.91. The zero-order chi connectivity index (χ0) is 20.0. The molecule has 4 amide bonds. The minimum absolute atomic E-state index is 0.456. The molecule has 0 unspecified atom stereocenters. The Morgan fingerprint density at radius 3 is 2.52 bits per heavy atom. The third kappa shape index (κ3) is 5.29. The van der Waals surface area contributed by atoms with Crippen LogP contribution in [0.15, 0.2) is 24.3 Å². The van der Waals surface area contributed by atoms with Crippen molar-refractivity contribution < 1.29 is 23.9 Å². The number of benzene rings is 1. The number of hydrogen-bond donors (Lipinski definition) is 2. The van der Waals surface area contributed by atoms with Gasteiger partial charge in [-0.05, 0) is 32.4 Å². The van der Waals surface area contributed by atoms with Crippen molar-refractivity contribution in [3.05, 3.63) is 29.8 Å². The molecule has 1 aliphatic heterocycles. The number of carbonyl (C=O) groups excluding carboxylic acids is 4. The topological polar surface area (TPSA) is 105 Å². The number of aryl methyl sites for hydroxylation is 1. The highest BCUT2D eigenvalue weighted by Crippen LogP contribution is 2.23. The minimum atomic E-state index is -1.00. The van der Waals surface area contributed by atoms with Crippen molar-refractivity contribution >= 4 is 29.5 Å². The lowest BCUT2D eigenvalue weighted by atomic mass is 9.95. The molecule has 8 nitrogen and oxygen atoms in total. The van der Waals surface area contributed by atoms with E-state index < -0.39 is 42.5 Å². The van der Waals surface area contributed by atoms with Crippen LogP contribution >= 0.6 is 0 Å². The van der Waals surface area contributed by atoms with Gasteiger partial charge in [0.25, 0.3) is 11.8 Å².